The highest BCUT2D eigenvalue weighted by Crippen LogP contribution is 2.29. The van der Waals surface area contributed by atoms with Crippen molar-refractivity contribution in [3.05, 3.63) is 48.0 Å². The van der Waals surface area contributed by atoms with E-state index < -0.39 is 0 Å². The Morgan fingerprint density at radius 1 is 0.724 bits per heavy atom. The molecule has 0 unspecified atom stereocenters. The first-order chi connectivity index (χ1) is 14.2. The highest BCUT2D eigenvalue weighted by atomic mass is 16.5. The lowest BCUT2D eigenvalue weighted by molar-refractivity contribution is 0.0746. The third-order valence-corrected chi connectivity index (χ3v) is 5.88. The van der Waals surface area contributed by atoms with E-state index >= 15 is 0 Å². The Bertz CT molecular complexity index is 839. The smallest absolute Gasteiger partial charge is 0.254 e. The van der Waals surface area contributed by atoms with Crippen LogP contribution in [0, 0.1) is 0 Å². The van der Waals surface area contributed by atoms with Crippen LogP contribution in [0.15, 0.2) is 42.5 Å². The maximum Gasteiger partial charge on any atom is 0.254 e. The summed E-state index contributed by atoms with van der Waals surface area (Å²) in [6.45, 7) is 5.42. The van der Waals surface area contributed by atoms with Crippen LogP contribution in [0.4, 0.5) is 11.4 Å². The molecule has 6 heteroatoms. The zero-order valence-electron chi connectivity index (χ0n) is 17.3. The summed E-state index contributed by atoms with van der Waals surface area (Å²) in [5.41, 5.74) is 3.17. The van der Waals surface area contributed by atoms with Gasteiger partial charge in [-0.2, -0.15) is 0 Å². The molecule has 154 valence electrons. The number of ether oxygens (including phenoxy) is 2. The predicted molar refractivity (Wildman–Crippen MR) is 116 cm³/mol. The molecule has 2 aromatic carbocycles. The fourth-order valence-electron chi connectivity index (χ4n) is 4.17. The Morgan fingerprint density at radius 2 is 1.28 bits per heavy atom. The molecule has 1 amide bonds. The highest BCUT2D eigenvalue weighted by Gasteiger charge is 2.23. The van der Waals surface area contributed by atoms with E-state index in [1.807, 2.05) is 4.90 Å². The second kappa shape index (κ2) is 8.64. The lowest BCUT2D eigenvalue weighted by atomic mass is 10.1. The SMILES string of the molecule is COc1ccc(C(=O)N2CCN(c3ccc(N4CCCC4)cc3)CC2)cc1OC. The summed E-state index contributed by atoms with van der Waals surface area (Å²) in [6, 6.07) is 14.2. The summed E-state index contributed by atoms with van der Waals surface area (Å²) in [6.07, 6.45) is 2.58. The summed E-state index contributed by atoms with van der Waals surface area (Å²) in [7, 11) is 3.18. The van der Waals surface area contributed by atoms with Crippen molar-refractivity contribution >= 4 is 17.3 Å². The van der Waals surface area contributed by atoms with Crippen molar-refractivity contribution in [2.45, 2.75) is 12.8 Å². The maximum absolute atomic E-state index is 12.9. The molecule has 2 aliphatic heterocycles. The van der Waals surface area contributed by atoms with E-state index in [1.54, 1.807) is 32.4 Å². The zero-order valence-corrected chi connectivity index (χ0v) is 17.3. The number of hydrogen-bond acceptors (Lipinski definition) is 5. The summed E-state index contributed by atoms with van der Waals surface area (Å²) in [4.78, 5) is 19.6. The number of benzene rings is 2. The molecule has 29 heavy (non-hydrogen) atoms. The van der Waals surface area contributed by atoms with Crippen molar-refractivity contribution in [3.8, 4) is 11.5 Å². The second-order valence-electron chi connectivity index (χ2n) is 7.56. The van der Waals surface area contributed by atoms with Crippen LogP contribution in [0.25, 0.3) is 0 Å². The van der Waals surface area contributed by atoms with Crippen LogP contribution in [0.5, 0.6) is 11.5 Å². The number of amides is 1. The van der Waals surface area contributed by atoms with Gasteiger partial charge in [0.05, 0.1) is 14.2 Å². The Hall–Kier alpha value is -2.89. The van der Waals surface area contributed by atoms with Gasteiger partial charge in [-0.15, -0.1) is 0 Å². The van der Waals surface area contributed by atoms with Crippen LogP contribution in [-0.2, 0) is 0 Å². The van der Waals surface area contributed by atoms with Gasteiger partial charge in [-0.3, -0.25) is 4.79 Å². The standard InChI is InChI=1S/C23H29N3O3/c1-28-21-10-5-18(17-22(21)29-2)23(27)26-15-13-25(14-16-26)20-8-6-19(7-9-20)24-11-3-4-12-24/h5-10,17H,3-4,11-16H2,1-2H3. The molecule has 0 atom stereocenters. The zero-order chi connectivity index (χ0) is 20.2. The molecule has 0 radical (unpaired) electrons. The van der Waals surface area contributed by atoms with Crippen LogP contribution in [0.1, 0.15) is 23.2 Å². The Kier molecular flexibility index (Phi) is 5.79. The Labute approximate surface area is 172 Å². The van der Waals surface area contributed by atoms with Crippen LogP contribution in [-0.4, -0.2) is 64.3 Å². The molecular formula is C23H29N3O3. The van der Waals surface area contributed by atoms with Crippen LogP contribution >= 0.6 is 0 Å². The van der Waals surface area contributed by atoms with Gasteiger partial charge in [0.2, 0.25) is 0 Å². The van der Waals surface area contributed by atoms with Gasteiger partial charge in [0.1, 0.15) is 0 Å². The van der Waals surface area contributed by atoms with Crippen molar-refractivity contribution in [3.63, 3.8) is 0 Å². The third-order valence-electron chi connectivity index (χ3n) is 5.88. The predicted octanol–water partition coefficient (Wildman–Crippen LogP) is 3.27. The van der Waals surface area contributed by atoms with Crippen LogP contribution in [0.3, 0.4) is 0 Å². The number of methoxy groups -OCH3 is 2. The number of rotatable bonds is 5. The molecule has 0 saturated carbocycles. The van der Waals surface area contributed by atoms with Gasteiger partial charge < -0.3 is 24.2 Å². The molecule has 0 bridgehead atoms. The monoisotopic (exact) mass is 395 g/mol. The lowest BCUT2D eigenvalue weighted by Gasteiger charge is -2.36. The topological polar surface area (TPSA) is 45.2 Å². The highest BCUT2D eigenvalue weighted by molar-refractivity contribution is 5.95. The molecule has 2 fully saturated rings. The van der Waals surface area contributed by atoms with Gasteiger partial charge in [0, 0.05) is 56.2 Å². The van der Waals surface area contributed by atoms with E-state index in [0.29, 0.717) is 30.2 Å². The third kappa shape index (κ3) is 4.11. The lowest BCUT2D eigenvalue weighted by Crippen LogP contribution is -2.48. The molecule has 6 nitrogen and oxygen atoms in total. The molecule has 0 N–H and O–H groups in total. The largest absolute Gasteiger partial charge is 0.493 e. The fourth-order valence-corrected chi connectivity index (χ4v) is 4.17. The van der Waals surface area contributed by atoms with Crippen LogP contribution in [0.2, 0.25) is 0 Å². The Balaban J connectivity index is 1.37. The average Bonchev–Trinajstić information content (AvgIpc) is 3.33. The van der Waals surface area contributed by atoms with Crippen molar-refractivity contribution in [1.29, 1.82) is 0 Å². The van der Waals surface area contributed by atoms with E-state index in [2.05, 4.69) is 34.1 Å². The molecule has 2 saturated heterocycles. The van der Waals surface area contributed by atoms with Gasteiger partial charge in [0.15, 0.2) is 11.5 Å². The minimum atomic E-state index is 0.0370. The van der Waals surface area contributed by atoms with Gasteiger partial charge in [-0.05, 0) is 55.3 Å². The average molecular weight is 396 g/mol. The summed E-state index contributed by atoms with van der Waals surface area (Å²) < 4.78 is 10.6. The summed E-state index contributed by atoms with van der Waals surface area (Å²) in [5.74, 6) is 1.25. The number of piperazine rings is 1. The van der Waals surface area contributed by atoms with Gasteiger partial charge in [-0.1, -0.05) is 0 Å². The minimum absolute atomic E-state index is 0.0370. The maximum atomic E-state index is 12.9. The van der Waals surface area contributed by atoms with Gasteiger partial charge in [-0.25, -0.2) is 0 Å². The molecule has 0 spiro atoms. The molecular weight excluding hydrogens is 366 g/mol. The summed E-state index contributed by atoms with van der Waals surface area (Å²) >= 11 is 0. The molecule has 0 aliphatic carbocycles. The van der Waals surface area contributed by atoms with E-state index in [9.17, 15) is 4.79 Å². The van der Waals surface area contributed by atoms with E-state index in [4.69, 9.17) is 9.47 Å². The summed E-state index contributed by atoms with van der Waals surface area (Å²) in [5, 5.41) is 0. The number of anilines is 2. The molecule has 0 aromatic heterocycles. The second-order valence-corrected chi connectivity index (χ2v) is 7.56. The van der Waals surface area contributed by atoms with Crippen molar-refractivity contribution in [2.75, 3.05) is 63.3 Å². The number of carbonyl (C=O) groups excluding carboxylic acids is 1. The van der Waals surface area contributed by atoms with Gasteiger partial charge in [0.25, 0.3) is 5.91 Å². The van der Waals surface area contributed by atoms with E-state index in [-0.39, 0.29) is 5.91 Å². The molecule has 2 aliphatic rings. The van der Waals surface area contributed by atoms with E-state index in [0.717, 1.165) is 26.2 Å². The Morgan fingerprint density at radius 3 is 1.83 bits per heavy atom. The number of carbonyl (C=O) groups is 1. The molecule has 2 heterocycles. The fraction of sp³-hybridized carbons (Fsp3) is 0.435. The van der Waals surface area contributed by atoms with Crippen LogP contribution < -0.4 is 19.3 Å². The first-order valence-corrected chi connectivity index (χ1v) is 10.3. The quantitative estimate of drug-likeness (QED) is 0.778. The van der Waals surface area contributed by atoms with E-state index in [1.165, 1.54) is 24.2 Å². The molecule has 4 rings (SSSR count). The minimum Gasteiger partial charge on any atom is -0.493 e. The van der Waals surface area contributed by atoms with Crippen molar-refractivity contribution < 1.29 is 14.3 Å². The van der Waals surface area contributed by atoms with Gasteiger partial charge >= 0.3 is 0 Å². The molecule has 2 aromatic rings. The normalized spacial score (nSPS) is 16.8. The van der Waals surface area contributed by atoms with Crippen molar-refractivity contribution in [2.24, 2.45) is 0 Å². The first-order valence-electron chi connectivity index (χ1n) is 10.3. The number of hydrogen-bond donors (Lipinski definition) is 0. The first kappa shape index (κ1) is 19.4. The number of nitrogens with zero attached hydrogens (tertiary/aromatic N) is 3. The van der Waals surface area contributed by atoms with Crippen molar-refractivity contribution in [1.82, 2.24) is 4.90 Å².